The van der Waals surface area contributed by atoms with Crippen molar-refractivity contribution in [2.24, 2.45) is 5.73 Å². The van der Waals surface area contributed by atoms with Crippen LogP contribution in [-0.2, 0) is 62.6 Å². The lowest BCUT2D eigenvalue weighted by molar-refractivity contribution is -0.137. The first kappa shape index (κ1) is 134. The number of hydrogen-bond donors (Lipinski definition) is 13. The number of rotatable bonds is 41. The van der Waals surface area contributed by atoms with Gasteiger partial charge in [0.1, 0.15) is 17.3 Å². The molecule has 0 aliphatic carbocycles. The molecule has 804 valence electrons. The van der Waals surface area contributed by atoms with E-state index in [4.69, 9.17) is 84.7 Å². The Morgan fingerprint density at radius 3 is 0.610 bits per heavy atom. The number of unbranched alkanes of at least 4 members (excludes halogenated alkanes) is 3. The van der Waals surface area contributed by atoms with Crippen LogP contribution in [0.2, 0.25) is 76.6 Å². The highest BCUT2D eigenvalue weighted by molar-refractivity contribution is 6.72. The van der Waals surface area contributed by atoms with Crippen LogP contribution in [-0.4, -0.2) is 230 Å². The van der Waals surface area contributed by atoms with Crippen molar-refractivity contribution in [1.82, 2.24) is 0 Å². The Balaban J connectivity index is 0.000000891. The van der Waals surface area contributed by atoms with Gasteiger partial charge in [0.2, 0.25) is 0 Å². The van der Waals surface area contributed by atoms with Gasteiger partial charge in [-0.2, -0.15) is 0 Å². The van der Waals surface area contributed by atoms with Crippen molar-refractivity contribution in [2.75, 3.05) is 112 Å². The SMILES string of the molecule is CCO[Si](C)(C)CCCCC(=O)CCCc1ccc2ccc3cccc4ccc1c2c34.CCO[Si](C)(C)CCCCC(=O)CCCc1ccc2ccc3cccc4ccc1c2c34.CCO[Si](C)(C)CCCN.CO.CO.CO.CO.CO.CO.CO.CO.CO.CO.CO.CO[Si](C)(C)CCCCC(=O)CCCc1ccc2ccc3cccc4ccc1c2c34.O=C(O)CCCc1ccc2ccc3cccc4ccc1c2c34. The van der Waals surface area contributed by atoms with Crippen LogP contribution in [0.25, 0.3) is 129 Å². The summed E-state index contributed by atoms with van der Waals surface area (Å²) in [6.07, 6.45) is 19.0. The van der Waals surface area contributed by atoms with Crippen molar-refractivity contribution in [3.05, 3.63) is 241 Å². The summed E-state index contributed by atoms with van der Waals surface area (Å²) < 4.78 is 23.0. The zero-order valence-corrected chi connectivity index (χ0v) is 96.2. The number of carboxylic acids is 1. The minimum Gasteiger partial charge on any atom is -0.481 e. The molecule has 16 aromatic carbocycles. The molecule has 0 saturated carbocycles. The topological polar surface area (TPSA) is 374 Å². The van der Waals surface area contributed by atoms with E-state index < -0.39 is 39.2 Å². The number of carboxylic acid groups (broad SMARTS) is 1. The third-order valence-electron chi connectivity index (χ3n) is 25.6. The number of aliphatic hydroxyl groups is 11. The van der Waals surface area contributed by atoms with Crippen LogP contribution in [0.15, 0.2) is 218 Å². The molecule has 16 aromatic rings. The molecule has 0 saturated heterocycles. The van der Waals surface area contributed by atoms with E-state index in [0.717, 1.165) is 225 Å². The summed E-state index contributed by atoms with van der Waals surface area (Å²) in [5.41, 5.74) is 10.7. The fraction of sp³-hybridized carbons (Fsp3) is 0.438. The van der Waals surface area contributed by atoms with Gasteiger partial charge < -0.3 is 84.7 Å². The monoisotopic (exact) mass is 2080 g/mol. The van der Waals surface area contributed by atoms with Gasteiger partial charge >= 0.3 is 5.97 Å². The number of carbonyl (C=O) groups excluding carboxylic acids is 3. The lowest BCUT2D eigenvalue weighted by atomic mass is 9.90. The smallest absolute Gasteiger partial charge is 0.303 e. The average molecular weight is 2080 g/mol. The first-order valence-electron chi connectivity index (χ1n) is 51.3. The highest BCUT2D eigenvalue weighted by atomic mass is 28.4. The number of aliphatic carboxylic acids is 1. The van der Waals surface area contributed by atoms with E-state index in [-0.39, 0.29) is 6.42 Å². The van der Waals surface area contributed by atoms with Crippen LogP contribution >= 0.6 is 0 Å². The Bertz CT molecular complexity index is 5980. The number of ketones is 3. The van der Waals surface area contributed by atoms with Gasteiger partial charge in [0, 0.05) is 150 Å². The number of Topliss-reactive ketones (excluding diaryl/α,β-unsaturated/α-hetero) is 3. The van der Waals surface area contributed by atoms with Crippen molar-refractivity contribution >= 4 is 186 Å². The van der Waals surface area contributed by atoms with E-state index in [1.807, 2.05) is 7.11 Å². The van der Waals surface area contributed by atoms with Gasteiger partial charge in [-0.15, -0.1) is 0 Å². The summed E-state index contributed by atoms with van der Waals surface area (Å²) in [6.45, 7) is 27.5. The summed E-state index contributed by atoms with van der Waals surface area (Å²) in [7, 11) is 7.01. The first-order valence-corrected chi connectivity index (χ1v) is 63.7. The van der Waals surface area contributed by atoms with E-state index in [1.165, 1.54) is 158 Å². The molecule has 0 aromatic heterocycles. The molecule has 0 bridgehead atoms. The summed E-state index contributed by atoms with van der Waals surface area (Å²) in [6, 6.07) is 84.0. The van der Waals surface area contributed by atoms with Crippen LogP contribution < -0.4 is 5.73 Å². The molecule has 0 unspecified atom stereocenters. The van der Waals surface area contributed by atoms with E-state index in [1.54, 1.807) is 0 Å². The van der Waals surface area contributed by atoms with Crippen LogP contribution in [0.1, 0.15) is 159 Å². The van der Waals surface area contributed by atoms with Crippen molar-refractivity contribution < 1.29 is 98.2 Å². The summed E-state index contributed by atoms with van der Waals surface area (Å²) >= 11 is 0. The van der Waals surface area contributed by atoms with Crippen LogP contribution in [0, 0.1) is 0 Å². The van der Waals surface area contributed by atoms with Gasteiger partial charge in [-0.3, -0.25) is 19.2 Å². The summed E-state index contributed by atoms with van der Waals surface area (Å²) in [4.78, 5) is 47.9. The molecule has 0 atom stereocenters. The molecule has 0 heterocycles. The molecule has 21 nitrogen and oxygen atoms in total. The molecular formula is C121H179NO20Si4. The molecule has 16 rings (SSSR count). The predicted octanol–water partition coefficient (Wildman–Crippen LogP) is 25.5. The second kappa shape index (κ2) is 75.1. The molecule has 0 aliphatic rings. The Labute approximate surface area is 875 Å². The van der Waals surface area contributed by atoms with Gasteiger partial charge in [0.15, 0.2) is 33.3 Å². The Hall–Kier alpha value is -9.61. The number of aliphatic hydroxyl groups excluding tert-OH is 11. The largest absolute Gasteiger partial charge is 0.481 e. The van der Waals surface area contributed by atoms with E-state index in [9.17, 15) is 19.2 Å². The minimum absolute atomic E-state index is 0.224. The Morgan fingerprint density at radius 2 is 0.411 bits per heavy atom. The molecule has 0 spiro atoms. The lowest BCUT2D eigenvalue weighted by Gasteiger charge is -2.21. The zero-order valence-electron chi connectivity index (χ0n) is 92.2. The second-order valence-corrected chi connectivity index (χ2v) is 54.2. The number of aryl methyl sites for hydroxylation is 4. The van der Waals surface area contributed by atoms with Gasteiger partial charge in [0.05, 0.1) is 0 Å². The van der Waals surface area contributed by atoms with Crippen molar-refractivity contribution in [3.8, 4) is 0 Å². The van der Waals surface area contributed by atoms with Crippen molar-refractivity contribution in [1.29, 1.82) is 0 Å². The molecule has 14 N–H and O–H groups in total. The van der Waals surface area contributed by atoms with Gasteiger partial charge in [-0.25, -0.2) is 0 Å². The minimum atomic E-state index is -1.51. The van der Waals surface area contributed by atoms with Gasteiger partial charge in [0.25, 0.3) is 0 Å². The van der Waals surface area contributed by atoms with Gasteiger partial charge in [-0.05, 0) is 332 Å². The first-order chi connectivity index (χ1) is 70.8. The maximum Gasteiger partial charge on any atom is 0.303 e. The zero-order chi connectivity index (χ0) is 110. The third kappa shape index (κ3) is 42.1. The molecule has 0 radical (unpaired) electrons. The average Bonchev–Trinajstić information content (AvgIpc) is 0.756. The number of hydrogen-bond acceptors (Lipinski definition) is 20. The summed E-state index contributed by atoms with van der Waals surface area (Å²) in [5.74, 6) is 0.504. The number of nitrogens with two attached hydrogens (primary N) is 1. The van der Waals surface area contributed by atoms with E-state index >= 15 is 0 Å². The molecule has 25 heteroatoms. The molecule has 146 heavy (non-hydrogen) atoms. The standard InChI is InChI=1S/2C28H34O2Si.C27H32O2Si.C20H16O2.C7H19NOSi.11CH4O/c2*1-4-30-31(2,3)20-6-5-12-25(29)13-8-9-21-14-15-24-17-16-22-10-7-11-23-18-19-26(21)28(24)27(22)23;1-29-30(2,3)19-5-4-11-24(28)12-7-8-20-13-14-23-16-15-21-9-6-10-22-17-18-25(20)27(23)26(21)22;21-18(22)6-2-3-13-7-8-16-10-9-14-4-1-5-15-11-12-17(13)20(16)19(14)15;1-4-9-10(2,3)7-5-6-8;11*1-2/h2*7,10-11,14-19H,4-6,8-9,12-13,20H2,1-3H3;6,9-10,13-18H,4-5,7-8,11-12,19H2,1-3H3;1,4-5,7-12H,2-3,6H2,(H,21,22);4-8H2,1-3H3;11*2H,1H3. The van der Waals surface area contributed by atoms with E-state index in [2.05, 4.69) is 292 Å². The fourth-order valence-electron chi connectivity index (χ4n) is 18.9. The van der Waals surface area contributed by atoms with Crippen molar-refractivity contribution in [3.63, 3.8) is 0 Å². The van der Waals surface area contributed by atoms with Crippen LogP contribution in [0.4, 0.5) is 0 Å². The van der Waals surface area contributed by atoms with E-state index in [0.29, 0.717) is 49.5 Å². The normalized spacial score (nSPS) is 10.8. The Kier molecular flexibility index (Phi) is 69.2. The molecule has 0 fully saturated rings. The van der Waals surface area contributed by atoms with Gasteiger partial charge in [-0.1, -0.05) is 238 Å². The number of carbonyl (C=O) groups is 4. The molecular weight excluding hydrogens is 1900 g/mol. The quantitative estimate of drug-likeness (QED) is 0.00961. The third-order valence-corrected chi connectivity index (χ3v) is 36.2. The van der Waals surface area contributed by atoms with Crippen molar-refractivity contribution in [2.45, 2.75) is 239 Å². The highest BCUT2D eigenvalue weighted by Crippen LogP contribution is 2.42. The Morgan fingerprint density at radius 1 is 0.233 bits per heavy atom. The number of benzene rings is 16. The molecule has 0 aliphatic heterocycles. The molecule has 0 amide bonds. The fourth-order valence-corrected chi connectivity index (χ4v) is 26.3. The highest BCUT2D eigenvalue weighted by Gasteiger charge is 2.25. The van der Waals surface area contributed by atoms with Crippen LogP contribution in [0.5, 0.6) is 0 Å². The second-order valence-electron chi connectivity index (χ2n) is 36.8. The maximum absolute atomic E-state index is 12.4. The summed E-state index contributed by atoms with van der Waals surface area (Å²) in [5, 5.41) is 117. The lowest BCUT2D eigenvalue weighted by Crippen LogP contribution is -2.30. The predicted molar refractivity (Wildman–Crippen MR) is 631 cm³/mol. The van der Waals surface area contributed by atoms with Crippen LogP contribution in [0.3, 0.4) is 0 Å². The maximum atomic E-state index is 12.4.